The Morgan fingerprint density at radius 1 is 1.12 bits per heavy atom. The molecule has 4 rings (SSSR count). The van der Waals surface area contributed by atoms with Crippen LogP contribution in [0.2, 0.25) is 0 Å². The molecule has 0 aliphatic heterocycles. The minimum Gasteiger partial charge on any atom is -0.288 e. The Labute approximate surface area is 112 Å². The van der Waals surface area contributed by atoms with Crippen LogP contribution in [-0.2, 0) is 4.79 Å². The van der Waals surface area contributed by atoms with Crippen molar-refractivity contribution in [3.8, 4) is 0 Å². The topological polar surface area (TPSA) is 17.1 Å². The molecule has 4 aliphatic rings. The first-order valence-electron chi connectivity index (χ1n) is 5.97. The molecule has 1 nitrogen and oxygen atoms in total. The molecule has 4 saturated carbocycles. The first kappa shape index (κ1) is 11.8. The van der Waals surface area contributed by atoms with Crippen LogP contribution in [0.4, 0.5) is 0 Å². The second-order valence-electron chi connectivity index (χ2n) is 6.23. The van der Waals surface area contributed by atoms with Crippen molar-refractivity contribution in [3.05, 3.63) is 0 Å². The van der Waals surface area contributed by atoms with E-state index in [0.717, 1.165) is 25.2 Å². The van der Waals surface area contributed by atoms with Crippen LogP contribution in [0.15, 0.2) is 0 Å². The maximum Gasteiger partial charge on any atom is 0.186 e. The molecular weight excluding hydrogens is 256 g/mol. The predicted octanol–water partition coefficient (Wildman–Crippen LogP) is 3.34. The number of thiol groups is 2. The Hall–Kier alpha value is 0.720. The second kappa shape index (κ2) is 3.39. The Balaban J connectivity index is 1.95. The van der Waals surface area contributed by atoms with E-state index in [4.69, 9.17) is 25.3 Å². The summed E-state index contributed by atoms with van der Waals surface area (Å²) in [5, 5.41) is 0.260. The number of carbonyl (C=O) groups is 1. The minimum absolute atomic E-state index is 0.156. The molecule has 0 saturated heterocycles. The van der Waals surface area contributed by atoms with Crippen molar-refractivity contribution in [2.24, 2.45) is 5.92 Å². The Morgan fingerprint density at radius 2 is 1.69 bits per heavy atom. The van der Waals surface area contributed by atoms with Crippen molar-refractivity contribution in [1.82, 2.24) is 0 Å². The van der Waals surface area contributed by atoms with Crippen molar-refractivity contribution in [1.29, 1.82) is 0 Å². The maximum absolute atomic E-state index is 11.5. The summed E-state index contributed by atoms with van der Waals surface area (Å²) in [5.41, 5.74) is 0. The number of thioether (sulfide) groups is 1. The quantitative estimate of drug-likeness (QED) is 0.714. The van der Waals surface area contributed by atoms with Gasteiger partial charge >= 0.3 is 0 Å². The largest absolute Gasteiger partial charge is 0.288 e. The van der Waals surface area contributed by atoms with E-state index in [1.54, 1.807) is 18.7 Å². The van der Waals surface area contributed by atoms with E-state index in [1.165, 1.54) is 19.3 Å². The van der Waals surface area contributed by atoms with Gasteiger partial charge in [0.05, 0.1) is 0 Å². The Bertz CT molecular complexity index is 336. The number of hydrogen-bond donors (Lipinski definition) is 2. The lowest BCUT2D eigenvalue weighted by atomic mass is 9.55. The Morgan fingerprint density at radius 3 is 2.12 bits per heavy atom. The van der Waals surface area contributed by atoms with Crippen LogP contribution in [0.25, 0.3) is 0 Å². The van der Waals surface area contributed by atoms with Crippen LogP contribution in [0.3, 0.4) is 0 Å². The molecule has 2 unspecified atom stereocenters. The third kappa shape index (κ3) is 1.85. The highest BCUT2D eigenvalue weighted by Crippen LogP contribution is 2.67. The first-order chi connectivity index (χ1) is 7.32. The average molecular weight is 274 g/mol. The fraction of sp³-hybridized carbons (Fsp3) is 0.917. The van der Waals surface area contributed by atoms with Crippen LogP contribution < -0.4 is 0 Å². The fourth-order valence-electron chi connectivity index (χ4n) is 4.67. The van der Waals surface area contributed by atoms with Gasteiger partial charge in [-0.3, -0.25) is 4.79 Å². The highest BCUT2D eigenvalue weighted by molar-refractivity contribution is 8.14. The van der Waals surface area contributed by atoms with E-state index < -0.39 is 0 Å². The van der Waals surface area contributed by atoms with Crippen LogP contribution >= 0.6 is 37.0 Å². The van der Waals surface area contributed by atoms with Crippen molar-refractivity contribution in [3.63, 3.8) is 0 Å². The lowest BCUT2D eigenvalue weighted by molar-refractivity contribution is -0.109. The summed E-state index contributed by atoms with van der Waals surface area (Å²) in [6.45, 7) is 1.69. The standard InChI is InChI=1S/C12H18OS3/c1-8(13)16-12-4-9-2-10(14,6-12)5-11(15,3-9)7-12/h9,14-15H,2-7H2,1H3. The zero-order chi connectivity index (χ0) is 11.6. The smallest absolute Gasteiger partial charge is 0.186 e. The van der Waals surface area contributed by atoms with Gasteiger partial charge in [-0.05, 0) is 44.4 Å². The van der Waals surface area contributed by atoms with E-state index in [2.05, 4.69) is 0 Å². The van der Waals surface area contributed by atoms with E-state index in [1.807, 2.05) is 0 Å². The summed E-state index contributed by atoms with van der Waals surface area (Å²) in [5.74, 6) is 0.748. The summed E-state index contributed by atoms with van der Waals surface area (Å²) in [4.78, 5) is 11.5. The molecule has 4 fully saturated rings. The van der Waals surface area contributed by atoms with E-state index >= 15 is 0 Å². The molecule has 2 atom stereocenters. The van der Waals surface area contributed by atoms with E-state index in [9.17, 15) is 4.79 Å². The molecule has 0 aromatic carbocycles. The highest BCUT2D eigenvalue weighted by atomic mass is 32.2. The number of carbonyl (C=O) groups excluding carboxylic acids is 1. The minimum atomic E-state index is 0.156. The maximum atomic E-state index is 11.5. The van der Waals surface area contributed by atoms with Gasteiger partial charge in [0.15, 0.2) is 5.12 Å². The average Bonchev–Trinajstić information content (AvgIpc) is 1.91. The van der Waals surface area contributed by atoms with Gasteiger partial charge in [-0.15, -0.1) is 0 Å². The first-order valence-corrected chi connectivity index (χ1v) is 7.68. The zero-order valence-corrected chi connectivity index (χ0v) is 12.1. The molecule has 4 bridgehead atoms. The third-order valence-electron chi connectivity index (χ3n) is 4.32. The summed E-state index contributed by atoms with van der Waals surface area (Å²) in [7, 11) is 0. The molecule has 4 heteroatoms. The monoisotopic (exact) mass is 274 g/mol. The molecule has 0 radical (unpaired) electrons. The summed E-state index contributed by atoms with van der Waals surface area (Å²) < 4.78 is 0.474. The van der Waals surface area contributed by atoms with Crippen molar-refractivity contribution in [2.45, 2.75) is 59.7 Å². The molecule has 0 aromatic rings. The molecule has 0 amide bonds. The third-order valence-corrected chi connectivity index (χ3v) is 6.49. The van der Waals surface area contributed by atoms with Crippen molar-refractivity contribution < 1.29 is 4.79 Å². The van der Waals surface area contributed by atoms with Gasteiger partial charge in [0.25, 0.3) is 0 Å². The molecule has 90 valence electrons. The zero-order valence-electron chi connectivity index (χ0n) is 9.53. The summed E-state index contributed by atoms with van der Waals surface area (Å²) in [6.07, 6.45) is 7.01. The lowest BCUT2D eigenvalue weighted by Gasteiger charge is -2.63. The van der Waals surface area contributed by atoms with Gasteiger partial charge in [-0.1, -0.05) is 11.8 Å². The van der Waals surface area contributed by atoms with Gasteiger partial charge < -0.3 is 0 Å². The van der Waals surface area contributed by atoms with Crippen LogP contribution in [-0.4, -0.2) is 19.4 Å². The van der Waals surface area contributed by atoms with Gasteiger partial charge in [-0.25, -0.2) is 0 Å². The van der Waals surface area contributed by atoms with Gasteiger partial charge in [0.2, 0.25) is 0 Å². The molecular formula is C12H18OS3. The van der Waals surface area contributed by atoms with Gasteiger partial charge in [0.1, 0.15) is 0 Å². The number of rotatable bonds is 1. The molecule has 0 heterocycles. The fourth-order valence-corrected chi connectivity index (χ4v) is 8.36. The number of hydrogen-bond acceptors (Lipinski definition) is 4. The van der Waals surface area contributed by atoms with E-state index in [0.29, 0.717) is 0 Å². The van der Waals surface area contributed by atoms with Crippen LogP contribution in [0.5, 0.6) is 0 Å². The Kier molecular flexibility index (Phi) is 2.49. The molecule has 0 N–H and O–H groups in total. The normalized spacial score (nSPS) is 54.3. The molecule has 0 spiro atoms. The van der Waals surface area contributed by atoms with Crippen molar-refractivity contribution >= 4 is 42.1 Å². The van der Waals surface area contributed by atoms with Crippen LogP contribution in [0.1, 0.15) is 45.4 Å². The van der Waals surface area contributed by atoms with E-state index in [-0.39, 0.29) is 19.4 Å². The predicted molar refractivity (Wildman–Crippen MR) is 75.6 cm³/mol. The molecule has 0 aromatic heterocycles. The summed E-state index contributed by atoms with van der Waals surface area (Å²) in [6, 6.07) is 0. The van der Waals surface area contributed by atoms with Crippen molar-refractivity contribution in [2.75, 3.05) is 0 Å². The molecule has 16 heavy (non-hydrogen) atoms. The SMILES string of the molecule is CC(=O)SC12CC3CC(S)(CC(S)(C3)C1)C2. The second-order valence-corrected chi connectivity index (χ2v) is 9.78. The molecule has 4 aliphatic carbocycles. The van der Waals surface area contributed by atoms with Gasteiger partial charge in [0, 0.05) is 21.2 Å². The van der Waals surface area contributed by atoms with Crippen LogP contribution in [0, 0.1) is 5.92 Å². The van der Waals surface area contributed by atoms with Gasteiger partial charge in [-0.2, -0.15) is 25.3 Å². The summed E-state index contributed by atoms with van der Waals surface area (Å²) >= 11 is 11.4. The highest BCUT2D eigenvalue weighted by Gasteiger charge is 2.61. The lowest BCUT2D eigenvalue weighted by Crippen LogP contribution is -2.61.